The maximum absolute atomic E-state index is 5.82. The molecule has 0 aliphatic rings. The molecule has 2 aromatic heterocycles. The SMILES string of the molecule is Cn1cc(C(CN)OCCCc2ccncc2)cn1. The number of nitrogens with two attached hydrogens (primary N) is 1. The molecule has 2 heterocycles. The minimum Gasteiger partial charge on any atom is -0.372 e. The van der Waals surface area contributed by atoms with E-state index in [1.807, 2.05) is 37.8 Å². The van der Waals surface area contributed by atoms with Gasteiger partial charge in [-0.3, -0.25) is 9.67 Å². The van der Waals surface area contributed by atoms with Crippen molar-refractivity contribution in [3.8, 4) is 0 Å². The average Bonchev–Trinajstić information content (AvgIpc) is 2.86. The van der Waals surface area contributed by atoms with E-state index < -0.39 is 0 Å². The van der Waals surface area contributed by atoms with E-state index in [9.17, 15) is 0 Å². The molecule has 0 aliphatic heterocycles. The maximum Gasteiger partial charge on any atom is 0.0977 e. The molecule has 0 saturated heterocycles. The van der Waals surface area contributed by atoms with Crippen LogP contribution in [-0.2, 0) is 18.2 Å². The van der Waals surface area contributed by atoms with E-state index in [1.165, 1.54) is 5.56 Å². The van der Waals surface area contributed by atoms with Crippen LogP contribution in [0.1, 0.15) is 23.7 Å². The lowest BCUT2D eigenvalue weighted by atomic mass is 10.1. The van der Waals surface area contributed by atoms with Crippen LogP contribution in [0.25, 0.3) is 0 Å². The van der Waals surface area contributed by atoms with Gasteiger partial charge >= 0.3 is 0 Å². The molecule has 19 heavy (non-hydrogen) atoms. The summed E-state index contributed by atoms with van der Waals surface area (Å²) >= 11 is 0. The molecule has 2 N–H and O–H groups in total. The molecule has 0 bridgehead atoms. The van der Waals surface area contributed by atoms with Gasteiger partial charge in [0.1, 0.15) is 0 Å². The van der Waals surface area contributed by atoms with E-state index >= 15 is 0 Å². The lowest BCUT2D eigenvalue weighted by Crippen LogP contribution is -2.16. The van der Waals surface area contributed by atoms with E-state index in [-0.39, 0.29) is 6.10 Å². The number of aryl methyl sites for hydroxylation is 2. The molecule has 0 aliphatic carbocycles. The largest absolute Gasteiger partial charge is 0.372 e. The molecular formula is C14H20N4O. The van der Waals surface area contributed by atoms with Crippen molar-refractivity contribution in [2.24, 2.45) is 12.8 Å². The van der Waals surface area contributed by atoms with Gasteiger partial charge in [-0.05, 0) is 30.5 Å². The average molecular weight is 260 g/mol. The summed E-state index contributed by atoms with van der Waals surface area (Å²) in [5, 5.41) is 4.14. The Morgan fingerprint density at radius 3 is 2.79 bits per heavy atom. The van der Waals surface area contributed by atoms with E-state index in [0.717, 1.165) is 18.4 Å². The van der Waals surface area contributed by atoms with Crippen molar-refractivity contribution >= 4 is 0 Å². The fraction of sp³-hybridized carbons (Fsp3) is 0.429. The predicted octanol–water partition coefficient (Wildman–Crippen LogP) is 1.46. The Hall–Kier alpha value is -1.72. The molecule has 5 nitrogen and oxygen atoms in total. The number of rotatable bonds is 7. The second-order valence-electron chi connectivity index (χ2n) is 4.50. The van der Waals surface area contributed by atoms with Crippen molar-refractivity contribution < 1.29 is 4.74 Å². The predicted molar refractivity (Wildman–Crippen MR) is 73.5 cm³/mol. The van der Waals surface area contributed by atoms with Crippen LogP contribution in [0.3, 0.4) is 0 Å². The van der Waals surface area contributed by atoms with Crippen LogP contribution in [0.4, 0.5) is 0 Å². The Morgan fingerprint density at radius 2 is 2.16 bits per heavy atom. The lowest BCUT2D eigenvalue weighted by Gasteiger charge is -2.14. The van der Waals surface area contributed by atoms with E-state index in [2.05, 4.69) is 10.1 Å². The number of hydrogen-bond acceptors (Lipinski definition) is 4. The van der Waals surface area contributed by atoms with Gasteiger partial charge in [-0.15, -0.1) is 0 Å². The van der Waals surface area contributed by atoms with Crippen LogP contribution in [-0.4, -0.2) is 27.9 Å². The van der Waals surface area contributed by atoms with Crippen LogP contribution in [0.15, 0.2) is 36.9 Å². The third-order valence-corrected chi connectivity index (χ3v) is 2.99. The summed E-state index contributed by atoms with van der Waals surface area (Å²) in [6.45, 7) is 1.17. The monoisotopic (exact) mass is 260 g/mol. The summed E-state index contributed by atoms with van der Waals surface area (Å²) in [5.41, 5.74) is 8.05. The van der Waals surface area contributed by atoms with Gasteiger partial charge in [0.15, 0.2) is 0 Å². The van der Waals surface area contributed by atoms with Crippen LogP contribution in [0, 0.1) is 0 Å². The van der Waals surface area contributed by atoms with E-state index in [0.29, 0.717) is 13.2 Å². The van der Waals surface area contributed by atoms with Crippen molar-refractivity contribution in [2.45, 2.75) is 18.9 Å². The third-order valence-electron chi connectivity index (χ3n) is 2.99. The van der Waals surface area contributed by atoms with Gasteiger partial charge in [-0.25, -0.2) is 0 Å². The summed E-state index contributed by atoms with van der Waals surface area (Å²) in [6, 6.07) is 4.06. The topological polar surface area (TPSA) is 66.0 Å². The van der Waals surface area contributed by atoms with Crippen molar-refractivity contribution in [2.75, 3.05) is 13.2 Å². The third kappa shape index (κ3) is 4.15. The Labute approximate surface area is 113 Å². The molecule has 1 unspecified atom stereocenters. The Bertz CT molecular complexity index is 483. The van der Waals surface area contributed by atoms with Gasteiger partial charge in [0.25, 0.3) is 0 Å². The number of aromatic nitrogens is 3. The number of hydrogen-bond donors (Lipinski definition) is 1. The van der Waals surface area contributed by atoms with E-state index in [4.69, 9.17) is 10.5 Å². The summed E-state index contributed by atoms with van der Waals surface area (Å²) < 4.78 is 7.58. The summed E-state index contributed by atoms with van der Waals surface area (Å²) in [6.07, 6.45) is 9.28. The minimum atomic E-state index is -0.0638. The van der Waals surface area contributed by atoms with Crippen LogP contribution in [0.2, 0.25) is 0 Å². The molecule has 0 radical (unpaired) electrons. The highest BCUT2D eigenvalue weighted by molar-refractivity contribution is 5.10. The fourth-order valence-corrected chi connectivity index (χ4v) is 1.96. The van der Waals surface area contributed by atoms with Crippen molar-refractivity contribution in [1.29, 1.82) is 0 Å². The molecule has 0 saturated carbocycles. The molecule has 0 aromatic carbocycles. The zero-order valence-corrected chi connectivity index (χ0v) is 11.2. The first-order valence-electron chi connectivity index (χ1n) is 6.48. The van der Waals surface area contributed by atoms with E-state index in [1.54, 1.807) is 10.9 Å². The van der Waals surface area contributed by atoms with Gasteiger partial charge in [0.05, 0.1) is 12.3 Å². The maximum atomic E-state index is 5.82. The number of ether oxygens (including phenoxy) is 1. The van der Waals surface area contributed by atoms with Gasteiger partial charge in [-0.1, -0.05) is 0 Å². The van der Waals surface area contributed by atoms with Crippen LogP contribution in [0.5, 0.6) is 0 Å². The first kappa shape index (κ1) is 13.7. The summed E-state index contributed by atoms with van der Waals surface area (Å²) in [5.74, 6) is 0. The quantitative estimate of drug-likeness (QED) is 0.765. The Balaban J connectivity index is 1.75. The molecule has 0 spiro atoms. The minimum absolute atomic E-state index is 0.0638. The standard InChI is InChI=1S/C14H20N4O/c1-18-11-13(10-17-18)14(9-15)19-8-2-3-12-4-6-16-7-5-12/h4-7,10-11,14H,2-3,8-9,15H2,1H3. The normalized spacial score (nSPS) is 12.5. The second-order valence-corrected chi connectivity index (χ2v) is 4.50. The smallest absolute Gasteiger partial charge is 0.0977 e. The molecular weight excluding hydrogens is 240 g/mol. The number of nitrogens with zero attached hydrogens (tertiary/aromatic N) is 3. The Morgan fingerprint density at radius 1 is 1.37 bits per heavy atom. The van der Waals surface area contributed by atoms with Gasteiger partial charge < -0.3 is 10.5 Å². The highest BCUT2D eigenvalue weighted by Crippen LogP contribution is 2.15. The molecule has 2 rings (SSSR count). The molecule has 0 fully saturated rings. The van der Waals surface area contributed by atoms with Crippen LogP contribution >= 0.6 is 0 Å². The second kappa shape index (κ2) is 7.01. The first-order chi connectivity index (χ1) is 9.29. The lowest BCUT2D eigenvalue weighted by molar-refractivity contribution is 0.0570. The molecule has 2 aromatic rings. The molecule has 5 heteroatoms. The highest BCUT2D eigenvalue weighted by atomic mass is 16.5. The summed E-state index contributed by atoms with van der Waals surface area (Å²) in [7, 11) is 1.89. The fourth-order valence-electron chi connectivity index (χ4n) is 1.96. The molecule has 1 atom stereocenters. The Kier molecular flexibility index (Phi) is 5.06. The zero-order chi connectivity index (χ0) is 13.5. The first-order valence-corrected chi connectivity index (χ1v) is 6.48. The molecule has 0 amide bonds. The van der Waals surface area contributed by atoms with Gasteiger partial charge in [-0.2, -0.15) is 5.10 Å². The van der Waals surface area contributed by atoms with Crippen molar-refractivity contribution in [3.05, 3.63) is 48.0 Å². The van der Waals surface area contributed by atoms with Crippen LogP contribution < -0.4 is 5.73 Å². The zero-order valence-electron chi connectivity index (χ0n) is 11.2. The number of pyridine rings is 1. The van der Waals surface area contributed by atoms with Gasteiger partial charge in [0.2, 0.25) is 0 Å². The molecule has 102 valence electrons. The van der Waals surface area contributed by atoms with Gasteiger partial charge in [0, 0.05) is 44.4 Å². The van der Waals surface area contributed by atoms with Crippen molar-refractivity contribution in [1.82, 2.24) is 14.8 Å². The highest BCUT2D eigenvalue weighted by Gasteiger charge is 2.11. The van der Waals surface area contributed by atoms with Crippen molar-refractivity contribution in [3.63, 3.8) is 0 Å². The summed E-state index contributed by atoms with van der Waals surface area (Å²) in [4.78, 5) is 4.00.